The Labute approximate surface area is 104 Å². The lowest BCUT2D eigenvalue weighted by Crippen LogP contribution is -2.36. The average molecular weight is 280 g/mol. The molecule has 0 amide bonds. The number of rotatable bonds is 5. The minimum absolute atomic E-state index is 0.248. The summed E-state index contributed by atoms with van der Waals surface area (Å²) in [4.78, 5) is 31.5. The van der Waals surface area contributed by atoms with E-state index in [4.69, 9.17) is 10.2 Å². The normalized spacial score (nSPS) is 29.2. The highest BCUT2D eigenvalue weighted by molar-refractivity contribution is 7.60. The van der Waals surface area contributed by atoms with Crippen molar-refractivity contribution >= 4 is 19.3 Å². The molecule has 0 aliphatic heterocycles. The first kappa shape index (κ1) is 15.1. The Morgan fingerprint density at radius 1 is 1.22 bits per heavy atom. The summed E-state index contributed by atoms with van der Waals surface area (Å²) in [6.07, 6.45) is -0.00972. The van der Waals surface area contributed by atoms with Gasteiger partial charge in [0.25, 0.3) is 0 Å². The molecular formula is C10H17O7P. The molecule has 4 unspecified atom stereocenters. The fourth-order valence-electron chi connectivity index (χ4n) is 2.30. The standard InChI is InChI=1S/C10H17O7P/c11-6-3-1-2-4-7(6)18(16,17)8(10(14)15)5-9(12)13/h6-8,11H,1-5H2,(H,12,13)(H,14,15)(H,16,17). The van der Waals surface area contributed by atoms with Gasteiger partial charge in [-0.3, -0.25) is 14.2 Å². The summed E-state index contributed by atoms with van der Waals surface area (Å²) in [7, 11) is -4.27. The largest absolute Gasteiger partial charge is 0.481 e. The number of aliphatic hydroxyl groups excluding tert-OH is 1. The number of carbonyl (C=O) groups is 2. The molecule has 1 rings (SSSR count). The van der Waals surface area contributed by atoms with Crippen molar-refractivity contribution in [1.82, 2.24) is 0 Å². The first-order chi connectivity index (χ1) is 8.26. The molecule has 7 nitrogen and oxygen atoms in total. The maximum Gasteiger partial charge on any atom is 0.316 e. The molecule has 4 N–H and O–H groups in total. The third kappa shape index (κ3) is 3.31. The van der Waals surface area contributed by atoms with Gasteiger partial charge in [0.1, 0.15) is 5.66 Å². The van der Waals surface area contributed by atoms with E-state index in [0.29, 0.717) is 19.3 Å². The maximum atomic E-state index is 12.2. The molecule has 0 aromatic rings. The fourth-order valence-corrected chi connectivity index (χ4v) is 4.69. The summed E-state index contributed by atoms with van der Waals surface area (Å²) in [5, 5.41) is 27.2. The lowest BCUT2D eigenvalue weighted by Gasteiger charge is -2.33. The second-order valence-electron chi connectivity index (χ2n) is 4.54. The smallest absolute Gasteiger partial charge is 0.316 e. The Kier molecular flexibility index (Phi) is 4.90. The zero-order valence-electron chi connectivity index (χ0n) is 9.73. The van der Waals surface area contributed by atoms with E-state index < -0.39 is 43.2 Å². The molecule has 0 aromatic heterocycles. The molecule has 0 bridgehead atoms. The van der Waals surface area contributed by atoms with E-state index in [2.05, 4.69) is 0 Å². The van der Waals surface area contributed by atoms with E-state index in [1.807, 2.05) is 0 Å². The predicted molar refractivity (Wildman–Crippen MR) is 61.8 cm³/mol. The minimum atomic E-state index is -4.27. The molecule has 1 aliphatic carbocycles. The molecule has 0 aromatic carbocycles. The molecule has 104 valence electrons. The molecule has 0 heterocycles. The average Bonchev–Trinajstić information content (AvgIpc) is 2.25. The van der Waals surface area contributed by atoms with Crippen molar-refractivity contribution < 1.29 is 34.4 Å². The van der Waals surface area contributed by atoms with E-state index >= 15 is 0 Å². The van der Waals surface area contributed by atoms with Gasteiger partial charge < -0.3 is 20.2 Å². The predicted octanol–water partition coefficient (Wildman–Crippen LogP) is 0.488. The number of hydrogen-bond donors (Lipinski definition) is 4. The number of aliphatic carboxylic acids is 2. The summed E-state index contributed by atoms with van der Waals surface area (Å²) in [6, 6.07) is 0. The first-order valence-electron chi connectivity index (χ1n) is 5.71. The second kappa shape index (κ2) is 5.82. The Morgan fingerprint density at radius 2 is 1.78 bits per heavy atom. The van der Waals surface area contributed by atoms with Crippen LogP contribution in [0, 0.1) is 0 Å². The Morgan fingerprint density at radius 3 is 2.22 bits per heavy atom. The topological polar surface area (TPSA) is 132 Å². The molecule has 0 saturated heterocycles. The summed E-state index contributed by atoms with van der Waals surface area (Å²) >= 11 is 0. The van der Waals surface area contributed by atoms with Crippen LogP contribution in [0.4, 0.5) is 0 Å². The summed E-state index contributed by atoms with van der Waals surface area (Å²) in [6.45, 7) is 0. The Bertz CT molecular complexity index is 380. The van der Waals surface area contributed by atoms with E-state index in [1.165, 1.54) is 0 Å². The van der Waals surface area contributed by atoms with Crippen LogP contribution in [0.5, 0.6) is 0 Å². The lowest BCUT2D eigenvalue weighted by atomic mass is 9.97. The lowest BCUT2D eigenvalue weighted by molar-refractivity contribution is -0.143. The van der Waals surface area contributed by atoms with Gasteiger partial charge in [0.15, 0.2) is 0 Å². The second-order valence-corrected chi connectivity index (χ2v) is 7.18. The molecule has 8 heteroatoms. The first-order valence-corrected chi connectivity index (χ1v) is 7.51. The molecule has 1 saturated carbocycles. The summed E-state index contributed by atoms with van der Waals surface area (Å²) in [5.74, 6) is -3.05. The summed E-state index contributed by atoms with van der Waals surface area (Å²) in [5.41, 5.74) is -2.89. The van der Waals surface area contributed by atoms with Crippen LogP contribution in [0.1, 0.15) is 32.1 Å². The zero-order chi connectivity index (χ0) is 13.9. The Balaban J connectivity index is 2.96. The van der Waals surface area contributed by atoms with Crippen LogP contribution >= 0.6 is 7.37 Å². The minimum Gasteiger partial charge on any atom is -0.481 e. The van der Waals surface area contributed by atoms with Gasteiger partial charge >= 0.3 is 11.9 Å². The van der Waals surface area contributed by atoms with Crippen molar-refractivity contribution in [1.29, 1.82) is 0 Å². The van der Waals surface area contributed by atoms with Gasteiger partial charge in [-0.25, -0.2) is 0 Å². The quantitative estimate of drug-likeness (QED) is 0.538. The van der Waals surface area contributed by atoms with Crippen LogP contribution in [0.15, 0.2) is 0 Å². The van der Waals surface area contributed by atoms with Crippen molar-refractivity contribution in [2.75, 3.05) is 0 Å². The maximum absolute atomic E-state index is 12.2. The summed E-state index contributed by atoms with van der Waals surface area (Å²) < 4.78 is 12.2. The van der Waals surface area contributed by atoms with E-state index in [9.17, 15) is 24.2 Å². The van der Waals surface area contributed by atoms with Crippen LogP contribution in [0.25, 0.3) is 0 Å². The van der Waals surface area contributed by atoms with Crippen molar-refractivity contribution in [3.63, 3.8) is 0 Å². The van der Waals surface area contributed by atoms with Crippen molar-refractivity contribution in [3.8, 4) is 0 Å². The molecule has 1 aliphatic rings. The Hall–Kier alpha value is -0.910. The van der Waals surface area contributed by atoms with Gasteiger partial charge in [0.05, 0.1) is 18.2 Å². The van der Waals surface area contributed by atoms with E-state index in [-0.39, 0.29) is 6.42 Å². The van der Waals surface area contributed by atoms with E-state index in [1.54, 1.807) is 0 Å². The van der Waals surface area contributed by atoms with Crippen molar-refractivity contribution in [2.24, 2.45) is 0 Å². The van der Waals surface area contributed by atoms with Crippen LogP contribution in [0.3, 0.4) is 0 Å². The van der Waals surface area contributed by atoms with Gasteiger partial charge in [-0.05, 0) is 12.8 Å². The van der Waals surface area contributed by atoms with Gasteiger partial charge in [0, 0.05) is 0 Å². The van der Waals surface area contributed by atoms with Crippen molar-refractivity contribution in [2.45, 2.75) is 49.5 Å². The van der Waals surface area contributed by atoms with Gasteiger partial charge in [-0.15, -0.1) is 0 Å². The number of carboxylic acid groups (broad SMARTS) is 2. The highest BCUT2D eigenvalue weighted by Gasteiger charge is 2.47. The molecule has 0 radical (unpaired) electrons. The molecule has 18 heavy (non-hydrogen) atoms. The molecular weight excluding hydrogens is 263 g/mol. The zero-order valence-corrected chi connectivity index (χ0v) is 10.6. The molecule has 1 fully saturated rings. The monoisotopic (exact) mass is 280 g/mol. The van der Waals surface area contributed by atoms with Crippen LogP contribution in [-0.4, -0.2) is 49.6 Å². The van der Waals surface area contributed by atoms with Crippen LogP contribution in [0.2, 0.25) is 0 Å². The highest BCUT2D eigenvalue weighted by atomic mass is 31.2. The highest BCUT2D eigenvalue weighted by Crippen LogP contribution is 2.56. The van der Waals surface area contributed by atoms with Gasteiger partial charge in [-0.2, -0.15) is 0 Å². The van der Waals surface area contributed by atoms with Gasteiger partial charge in [0.2, 0.25) is 7.37 Å². The number of carboxylic acids is 2. The third-order valence-electron chi connectivity index (χ3n) is 3.27. The fraction of sp³-hybridized carbons (Fsp3) is 0.800. The molecule has 0 spiro atoms. The van der Waals surface area contributed by atoms with Gasteiger partial charge in [-0.1, -0.05) is 12.8 Å². The van der Waals surface area contributed by atoms with Crippen LogP contribution in [-0.2, 0) is 14.2 Å². The van der Waals surface area contributed by atoms with Crippen molar-refractivity contribution in [3.05, 3.63) is 0 Å². The number of hydrogen-bond acceptors (Lipinski definition) is 4. The number of aliphatic hydroxyl groups is 1. The van der Waals surface area contributed by atoms with E-state index in [0.717, 1.165) is 0 Å². The van der Waals surface area contributed by atoms with Crippen LogP contribution < -0.4 is 0 Å². The SMILES string of the molecule is O=C(O)CC(C(=O)O)P(=O)(O)C1CCCCC1O. The third-order valence-corrected chi connectivity index (χ3v) is 6.12. The molecule has 4 atom stereocenters.